The van der Waals surface area contributed by atoms with Gasteiger partial charge in [0.1, 0.15) is 5.82 Å². The zero-order chi connectivity index (χ0) is 23.3. The normalized spacial score (nSPS) is 14.1. The molecule has 0 N–H and O–H groups in total. The molecule has 0 unspecified atom stereocenters. The second-order valence-corrected chi connectivity index (χ2v) is 8.30. The quantitative estimate of drug-likeness (QED) is 0.432. The summed E-state index contributed by atoms with van der Waals surface area (Å²) in [6, 6.07) is 19.0. The average Bonchev–Trinajstić information content (AvgIpc) is 3.08. The van der Waals surface area contributed by atoms with E-state index in [0.717, 1.165) is 11.1 Å². The molecule has 6 heteroatoms. The van der Waals surface area contributed by atoms with Crippen molar-refractivity contribution in [3.8, 4) is 5.69 Å². The topological polar surface area (TPSA) is 72.3 Å². The van der Waals surface area contributed by atoms with Crippen LogP contribution in [0.5, 0.6) is 0 Å². The number of nitrogens with zero attached hydrogens (tertiary/aromatic N) is 3. The van der Waals surface area contributed by atoms with Crippen LogP contribution in [0.25, 0.3) is 16.6 Å². The summed E-state index contributed by atoms with van der Waals surface area (Å²) in [4.78, 5) is 46.4. The number of benzene rings is 3. The first kappa shape index (κ1) is 20.8. The van der Waals surface area contributed by atoms with E-state index in [1.54, 1.807) is 47.0 Å². The summed E-state index contributed by atoms with van der Waals surface area (Å²) in [6.07, 6.45) is 0.418. The van der Waals surface area contributed by atoms with Crippen molar-refractivity contribution < 1.29 is 9.59 Å². The zero-order valence-electron chi connectivity index (χ0n) is 18.7. The van der Waals surface area contributed by atoms with E-state index in [2.05, 4.69) is 0 Å². The van der Waals surface area contributed by atoms with Crippen molar-refractivity contribution in [2.45, 2.75) is 33.2 Å². The Kier molecular flexibility index (Phi) is 4.93. The van der Waals surface area contributed by atoms with Gasteiger partial charge in [-0.3, -0.25) is 23.9 Å². The molecule has 2 amide bonds. The van der Waals surface area contributed by atoms with Gasteiger partial charge in [0.15, 0.2) is 0 Å². The smallest absolute Gasteiger partial charge is 0.266 e. The van der Waals surface area contributed by atoms with Gasteiger partial charge < -0.3 is 0 Å². The van der Waals surface area contributed by atoms with Crippen LogP contribution in [0.15, 0.2) is 71.5 Å². The maximum atomic E-state index is 13.8. The van der Waals surface area contributed by atoms with E-state index in [1.807, 2.05) is 45.0 Å². The largest absolute Gasteiger partial charge is 0.269 e. The molecule has 0 spiro atoms. The van der Waals surface area contributed by atoms with Gasteiger partial charge in [-0.25, -0.2) is 4.98 Å². The van der Waals surface area contributed by atoms with E-state index in [0.29, 0.717) is 40.0 Å². The number of aromatic nitrogens is 2. The van der Waals surface area contributed by atoms with Crippen molar-refractivity contribution in [3.05, 3.63) is 105 Å². The van der Waals surface area contributed by atoms with Crippen LogP contribution >= 0.6 is 0 Å². The van der Waals surface area contributed by atoms with Gasteiger partial charge in [0.25, 0.3) is 17.4 Å². The van der Waals surface area contributed by atoms with Crippen LogP contribution < -0.4 is 5.56 Å². The van der Waals surface area contributed by atoms with Crippen LogP contribution in [0, 0.1) is 13.8 Å². The Bertz CT molecular complexity index is 1470. The Hall–Kier alpha value is -4.06. The highest BCUT2D eigenvalue weighted by molar-refractivity contribution is 6.21. The molecule has 6 nitrogen and oxygen atoms in total. The van der Waals surface area contributed by atoms with Gasteiger partial charge >= 0.3 is 0 Å². The molecule has 0 saturated heterocycles. The molecule has 0 fully saturated rings. The summed E-state index contributed by atoms with van der Waals surface area (Å²) in [5.74, 6) is -0.348. The van der Waals surface area contributed by atoms with Gasteiger partial charge in [0, 0.05) is 0 Å². The van der Waals surface area contributed by atoms with E-state index in [4.69, 9.17) is 4.98 Å². The predicted molar refractivity (Wildman–Crippen MR) is 127 cm³/mol. The standard InChI is InChI=1S/C27H23N3O3/c1-4-22(30-25(31)18-11-5-6-12-19(18)26(30)32)24-28-21-14-8-7-13-20(21)27(33)29(24)23-15-9-10-16(2)17(23)3/h5-15,22H,4H2,1-3H3/t22-/m0/s1. The van der Waals surface area contributed by atoms with E-state index < -0.39 is 6.04 Å². The first-order chi connectivity index (χ1) is 15.9. The van der Waals surface area contributed by atoms with Crippen LogP contribution in [-0.4, -0.2) is 26.3 Å². The molecular weight excluding hydrogens is 414 g/mol. The molecule has 0 saturated carbocycles. The molecule has 0 aliphatic carbocycles. The van der Waals surface area contributed by atoms with E-state index in [9.17, 15) is 14.4 Å². The molecule has 3 aromatic carbocycles. The molecular formula is C27H23N3O3. The summed E-state index contributed by atoms with van der Waals surface area (Å²) in [5.41, 5.74) is 3.74. The zero-order valence-corrected chi connectivity index (χ0v) is 18.7. The maximum absolute atomic E-state index is 13.8. The molecule has 33 heavy (non-hydrogen) atoms. The van der Waals surface area contributed by atoms with Gasteiger partial charge in [-0.15, -0.1) is 0 Å². The highest BCUT2D eigenvalue weighted by Gasteiger charge is 2.41. The highest BCUT2D eigenvalue weighted by atomic mass is 16.2. The van der Waals surface area contributed by atoms with E-state index >= 15 is 0 Å². The number of amides is 2. The van der Waals surface area contributed by atoms with Crippen molar-refractivity contribution >= 4 is 22.7 Å². The summed E-state index contributed by atoms with van der Waals surface area (Å²) in [6.45, 7) is 5.83. The highest BCUT2D eigenvalue weighted by Crippen LogP contribution is 2.34. The van der Waals surface area contributed by atoms with Crippen LogP contribution in [0.2, 0.25) is 0 Å². The van der Waals surface area contributed by atoms with E-state index in [-0.39, 0.29) is 17.4 Å². The van der Waals surface area contributed by atoms with Crippen LogP contribution in [0.4, 0.5) is 0 Å². The fraction of sp³-hybridized carbons (Fsp3) is 0.185. The number of hydrogen-bond donors (Lipinski definition) is 0. The lowest BCUT2D eigenvalue weighted by atomic mass is 10.1. The summed E-state index contributed by atoms with van der Waals surface area (Å²) in [5, 5.41) is 0.486. The van der Waals surface area contributed by atoms with Gasteiger partial charge in [0.05, 0.1) is 33.8 Å². The van der Waals surface area contributed by atoms with Crippen LogP contribution in [-0.2, 0) is 0 Å². The number of hydrogen-bond acceptors (Lipinski definition) is 4. The van der Waals surface area contributed by atoms with Crippen molar-refractivity contribution in [1.29, 1.82) is 0 Å². The summed E-state index contributed by atoms with van der Waals surface area (Å²) in [7, 11) is 0. The number of carbonyl (C=O) groups excluding carboxylic acids is 2. The third-order valence-electron chi connectivity index (χ3n) is 6.44. The lowest BCUT2D eigenvalue weighted by molar-refractivity contribution is 0.0568. The Morgan fingerprint density at radius 2 is 1.45 bits per heavy atom. The molecule has 1 aliphatic heterocycles. The Balaban J connectivity index is 1.80. The van der Waals surface area contributed by atoms with Gasteiger partial charge in [-0.1, -0.05) is 43.3 Å². The number of imide groups is 1. The van der Waals surface area contributed by atoms with Crippen molar-refractivity contribution in [1.82, 2.24) is 14.5 Å². The lowest BCUT2D eigenvalue weighted by Gasteiger charge is -2.28. The fourth-order valence-electron chi connectivity index (χ4n) is 4.56. The number of carbonyl (C=O) groups is 2. The van der Waals surface area contributed by atoms with Gasteiger partial charge in [-0.05, 0) is 61.7 Å². The lowest BCUT2D eigenvalue weighted by Crippen LogP contribution is -2.38. The van der Waals surface area contributed by atoms with Crippen LogP contribution in [0.3, 0.4) is 0 Å². The Labute approximate surface area is 191 Å². The van der Waals surface area contributed by atoms with Gasteiger partial charge in [0.2, 0.25) is 0 Å². The number of rotatable bonds is 4. The minimum atomic E-state index is -0.699. The summed E-state index contributed by atoms with van der Waals surface area (Å²) < 4.78 is 1.57. The molecule has 1 atom stereocenters. The van der Waals surface area contributed by atoms with Gasteiger partial charge in [-0.2, -0.15) is 0 Å². The van der Waals surface area contributed by atoms with E-state index in [1.165, 1.54) is 4.90 Å². The maximum Gasteiger partial charge on any atom is 0.266 e. The minimum Gasteiger partial charge on any atom is -0.269 e. The molecule has 0 bridgehead atoms. The molecule has 1 aromatic heterocycles. The third-order valence-corrected chi connectivity index (χ3v) is 6.44. The SMILES string of the molecule is CC[C@@H](c1nc2ccccc2c(=O)n1-c1cccc(C)c1C)N1C(=O)c2ccccc2C1=O. The average molecular weight is 437 g/mol. The monoisotopic (exact) mass is 437 g/mol. The molecule has 164 valence electrons. The molecule has 2 heterocycles. The second kappa shape index (κ2) is 7.81. The Morgan fingerprint density at radius 1 is 0.818 bits per heavy atom. The molecule has 0 radical (unpaired) electrons. The van der Waals surface area contributed by atoms with Crippen molar-refractivity contribution in [3.63, 3.8) is 0 Å². The first-order valence-corrected chi connectivity index (χ1v) is 11.0. The van der Waals surface area contributed by atoms with Crippen LogP contribution in [0.1, 0.15) is 57.1 Å². The van der Waals surface area contributed by atoms with Crippen molar-refractivity contribution in [2.24, 2.45) is 0 Å². The first-order valence-electron chi connectivity index (χ1n) is 11.0. The molecule has 5 rings (SSSR count). The molecule has 1 aliphatic rings. The third kappa shape index (κ3) is 3.09. The summed E-state index contributed by atoms with van der Waals surface area (Å²) >= 11 is 0. The Morgan fingerprint density at radius 3 is 2.12 bits per heavy atom. The molecule has 4 aromatic rings. The second-order valence-electron chi connectivity index (χ2n) is 8.30. The number of aryl methyl sites for hydroxylation is 1. The fourth-order valence-corrected chi connectivity index (χ4v) is 4.56. The number of para-hydroxylation sites is 1. The van der Waals surface area contributed by atoms with Crippen molar-refractivity contribution in [2.75, 3.05) is 0 Å². The minimum absolute atomic E-state index is 0.223. The number of fused-ring (bicyclic) bond motifs is 2. The predicted octanol–water partition coefficient (Wildman–Crippen LogP) is 4.75.